The summed E-state index contributed by atoms with van der Waals surface area (Å²) in [4.78, 5) is 24.0. The highest BCUT2D eigenvalue weighted by Crippen LogP contribution is 2.21. The highest BCUT2D eigenvalue weighted by Gasteiger charge is 2.12. The number of anilines is 1. The summed E-state index contributed by atoms with van der Waals surface area (Å²) in [6.45, 7) is 1.96. The van der Waals surface area contributed by atoms with Crippen LogP contribution in [-0.2, 0) is 4.79 Å². The Hall–Kier alpha value is -1.92. The third-order valence-corrected chi connectivity index (χ3v) is 4.24. The van der Waals surface area contributed by atoms with E-state index in [-0.39, 0.29) is 17.2 Å². The molecule has 21 heavy (non-hydrogen) atoms. The first kappa shape index (κ1) is 15.5. The zero-order valence-corrected chi connectivity index (χ0v) is 13.5. The smallest absolute Gasteiger partial charge is 0.337 e. The molecule has 0 spiro atoms. The molecule has 0 aliphatic carbocycles. The number of hydrogen-bond acceptors (Lipinski definition) is 3. The predicted molar refractivity (Wildman–Crippen MR) is 87.8 cm³/mol. The third kappa shape index (κ3) is 4.03. The minimum Gasteiger partial charge on any atom is -0.478 e. The topological polar surface area (TPSA) is 66.4 Å². The van der Waals surface area contributed by atoms with Gasteiger partial charge in [0.15, 0.2) is 0 Å². The molecule has 2 N–H and O–H groups in total. The van der Waals surface area contributed by atoms with Gasteiger partial charge < -0.3 is 10.4 Å². The summed E-state index contributed by atoms with van der Waals surface area (Å²) in [5.74, 6) is -1.46. The van der Waals surface area contributed by atoms with Crippen LogP contribution in [0.3, 0.4) is 0 Å². The Morgan fingerprint density at radius 3 is 2.71 bits per heavy atom. The lowest BCUT2D eigenvalue weighted by Crippen LogP contribution is -2.12. The molecule has 0 bridgehead atoms. The summed E-state index contributed by atoms with van der Waals surface area (Å²) in [6.07, 6.45) is 3.11. The van der Waals surface area contributed by atoms with E-state index >= 15 is 0 Å². The number of carbonyl (C=O) groups is 2. The van der Waals surface area contributed by atoms with E-state index in [2.05, 4.69) is 21.2 Å². The van der Waals surface area contributed by atoms with E-state index < -0.39 is 5.97 Å². The molecular weight excluding hydrogens is 354 g/mol. The summed E-state index contributed by atoms with van der Waals surface area (Å²) in [5.41, 5.74) is 1.40. The number of benzene rings is 1. The van der Waals surface area contributed by atoms with Gasteiger partial charge in [0.25, 0.3) is 0 Å². The van der Waals surface area contributed by atoms with E-state index in [0.717, 1.165) is 10.4 Å². The van der Waals surface area contributed by atoms with Crippen molar-refractivity contribution in [3.8, 4) is 0 Å². The van der Waals surface area contributed by atoms with Crippen LogP contribution in [0.1, 0.15) is 20.8 Å². The molecule has 0 saturated heterocycles. The van der Waals surface area contributed by atoms with Gasteiger partial charge >= 0.3 is 5.97 Å². The summed E-state index contributed by atoms with van der Waals surface area (Å²) in [5, 5.41) is 13.7. The van der Waals surface area contributed by atoms with E-state index in [1.54, 1.807) is 29.5 Å². The number of aromatic carboxylic acids is 1. The minimum absolute atomic E-state index is 0.0402. The first-order chi connectivity index (χ1) is 9.97. The molecule has 4 nitrogen and oxygen atoms in total. The van der Waals surface area contributed by atoms with E-state index in [0.29, 0.717) is 4.47 Å². The third-order valence-electron chi connectivity index (χ3n) is 2.76. The van der Waals surface area contributed by atoms with Crippen molar-refractivity contribution in [2.45, 2.75) is 6.92 Å². The largest absolute Gasteiger partial charge is 0.478 e. The average molecular weight is 366 g/mol. The van der Waals surface area contributed by atoms with Crippen molar-refractivity contribution in [2.24, 2.45) is 0 Å². The van der Waals surface area contributed by atoms with Gasteiger partial charge in [0.05, 0.1) is 11.3 Å². The van der Waals surface area contributed by atoms with Gasteiger partial charge in [0, 0.05) is 15.4 Å². The van der Waals surface area contributed by atoms with Crippen LogP contribution in [0, 0.1) is 6.92 Å². The Morgan fingerprint density at radius 2 is 2.10 bits per heavy atom. The van der Waals surface area contributed by atoms with Crippen molar-refractivity contribution >= 4 is 50.9 Å². The number of carboxylic acids is 1. The Morgan fingerprint density at radius 1 is 1.33 bits per heavy atom. The fraction of sp³-hybridized carbons (Fsp3) is 0.0667. The monoisotopic (exact) mass is 365 g/mol. The zero-order chi connectivity index (χ0) is 15.4. The van der Waals surface area contributed by atoms with Gasteiger partial charge in [0.2, 0.25) is 5.91 Å². The first-order valence-electron chi connectivity index (χ1n) is 6.03. The molecule has 0 saturated carbocycles. The second-order valence-electron chi connectivity index (χ2n) is 4.29. The van der Waals surface area contributed by atoms with E-state index in [1.165, 1.54) is 12.1 Å². The van der Waals surface area contributed by atoms with Crippen LogP contribution >= 0.6 is 27.3 Å². The number of thiophene rings is 1. The summed E-state index contributed by atoms with van der Waals surface area (Å²) >= 11 is 4.75. The molecule has 6 heteroatoms. The fourth-order valence-corrected chi connectivity index (χ4v) is 2.86. The second kappa shape index (κ2) is 6.69. The Balaban J connectivity index is 2.15. The number of nitrogens with one attached hydrogen (secondary N) is 1. The number of amides is 1. The molecule has 0 fully saturated rings. The first-order valence-corrected chi connectivity index (χ1v) is 7.70. The predicted octanol–water partition coefficient (Wildman–Crippen LogP) is 4.17. The Labute approximate surface area is 134 Å². The molecule has 0 atom stereocenters. The zero-order valence-electron chi connectivity index (χ0n) is 11.1. The van der Waals surface area contributed by atoms with Gasteiger partial charge in [-0.05, 0) is 48.2 Å². The van der Waals surface area contributed by atoms with Gasteiger partial charge in [0.1, 0.15) is 0 Å². The molecular formula is C15H12BrNO3S. The van der Waals surface area contributed by atoms with Crippen LogP contribution in [0.15, 0.2) is 40.2 Å². The number of rotatable bonds is 4. The summed E-state index contributed by atoms with van der Waals surface area (Å²) in [7, 11) is 0. The number of carboxylic acid groups (broad SMARTS) is 1. The quantitative estimate of drug-likeness (QED) is 0.799. The van der Waals surface area contributed by atoms with E-state index in [4.69, 9.17) is 5.11 Å². The number of halogens is 1. The second-order valence-corrected chi connectivity index (χ2v) is 6.15. The molecule has 1 aromatic heterocycles. The minimum atomic E-state index is -1.09. The molecule has 1 amide bonds. The molecule has 108 valence electrons. The molecule has 0 aliphatic rings. The highest BCUT2D eigenvalue weighted by atomic mass is 79.9. The number of aryl methyl sites for hydroxylation is 1. The van der Waals surface area contributed by atoms with Crippen LogP contribution in [0.5, 0.6) is 0 Å². The van der Waals surface area contributed by atoms with Gasteiger partial charge in [-0.25, -0.2) is 4.79 Å². The van der Waals surface area contributed by atoms with Crippen molar-refractivity contribution < 1.29 is 14.7 Å². The standard InChI is InChI=1S/C15H12BrNO3S/c1-9-6-7-21-13(9)4-5-14(18)17-12-3-2-10(16)8-11(12)15(19)20/h2-8H,1H3,(H,17,18)(H,19,20). The molecule has 0 unspecified atom stereocenters. The normalized spacial score (nSPS) is 10.8. The van der Waals surface area contributed by atoms with Crippen LogP contribution in [0.25, 0.3) is 6.08 Å². The lowest BCUT2D eigenvalue weighted by atomic mass is 10.2. The van der Waals surface area contributed by atoms with Crippen LogP contribution in [0.4, 0.5) is 5.69 Å². The van der Waals surface area contributed by atoms with Gasteiger partial charge in [-0.15, -0.1) is 11.3 Å². The molecule has 1 heterocycles. The van der Waals surface area contributed by atoms with Crippen molar-refractivity contribution in [1.82, 2.24) is 0 Å². The summed E-state index contributed by atoms with van der Waals surface area (Å²) < 4.78 is 0.641. The fourth-order valence-electron chi connectivity index (χ4n) is 1.68. The Bertz CT molecular complexity index is 721. The van der Waals surface area contributed by atoms with E-state index in [9.17, 15) is 9.59 Å². The molecule has 2 aromatic rings. The summed E-state index contributed by atoms with van der Waals surface area (Å²) in [6, 6.07) is 6.65. The number of carbonyl (C=O) groups excluding carboxylic acids is 1. The van der Waals surface area contributed by atoms with Gasteiger partial charge in [-0.3, -0.25) is 4.79 Å². The van der Waals surface area contributed by atoms with E-state index in [1.807, 2.05) is 18.4 Å². The maximum Gasteiger partial charge on any atom is 0.337 e. The highest BCUT2D eigenvalue weighted by molar-refractivity contribution is 9.10. The SMILES string of the molecule is Cc1ccsc1C=CC(=O)Nc1ccc(Br)cc1C(=O)O. The molecule has 0 radical (unpaired) electrons. The van der Waals surface area contributed by atoms with Crippen LogP contribution in [0.2, 0.25) is 0 Å². The number of hydrogen-bond donors (Lipinski definition) is 2. The molecule has 2 rings (SSSR count). The van der Waals surface area contributed by atoms with Crippen LogP contribution < -0.4 is 5.32 Å². The lowest BCUT2D eigenvalue weighted by Gasteiger charge is -2.07. The molecule has 1 aromatic carbocycles. The molecule has 0 aliphatic heterocycles. The van der Waals surface area contributed by atoms with Crippen molar-refractivity contribution in [1.29, 1.82) is 0 Å². The van der Waals surface area contributed by atoms with Crippen molar-refractivity contribution in [3.05, 3.63) is 56.2 Å². The van der Waals surface area contributed by atoms with Gasteiger partial charge in [-0.1, -0.05) is 15.9 Å². The van der Waals surface area contributed by atoms with Crippen molar-refractivity contribution in [3.63, 3.8) is 0 Å². The maximum absolute atomic E-state index is 11.9. The van der Waals surface area contributed by atoms with Crippen molar-refractivity contribution in [2.75, 3.05) is 5.32 Å². The maximum atomic E-state index is 11.9. The lowest BCUT2D eigenvalue weighted by molar-refractivity contribution is -0.111. The van der Waals surface area contributed by atoms with Crippen LogP contribution in [-0.4, -0.2) is 17.0 Å². The average Bonchev–Trinajstić information content (AvgIpc) is 2.84. The van der Waals surface area contributed by atoms with Gasteiger partial charge in [-0.2, -0.15) is 0 Å². The Kier molecular flexibility index (Phi) is 4.93.